The summed E-state index contributed by atoms with van der Waals surface area (Å²) in [7, 11) is 0.0516. The van der Waals surface area contributed by atoms with Crippen LogP contribution in [0.5, 0.6) is 0 Å². The molecule has 0 saturated carbocycles. The second kappa shape index (κ2) is 5.73. The maximum atomic E-state index is 12.5. The minimum Gasteiger partial charge on any atom is -0.448 e. The average molecular weight is 307 g/mol. The highest BCUT2D eigenvalue weighted by Crippen LogP contribution is 2.31. The standard InChI is InChI=1S/C15H17NO4S/c1-11(20-10-17)21(18,19)15-9-5-6-12-13(15)7-4-8-14(12)16(2)3/h4-11H,1-3H3. The van der Waals surface area contributed by atoms with Crippen molar-refractivity contribution < 1.29 is 17.9 Å². The van der Waals surface area contributed by atoms with Crippen molar-refractivity contribution in [3.63, 3.8) is 0 Å². The quantitative estimate of drug-likeness (QED) is 0.792. The molecule has 0 radical (unpaired) electrons. The van der Waals surface area contributed by atoms with Gasteiger partial charge in [0.25, 0.3) is 6.47 Å². The summed E-state index contributed by atoms with van der Waals surface area (Å²) in [6.07, 6.45) is 0. The van der Waals surface area contributed by atoms with E-state index in [0.29, 0.717) is 5.39 Å². The molecule has 0 aliphatic heterocycles. The SMILES string of the molecule is CC(OC=O)S(=O)(=O)c1cccc2c(N(C)C)cccc12. The van der Waals surface area contributed by atoms with Crippen LogP contribution in [0.2, 0.25) is 0 Å². The van der Waals surface area contributed by atoms with Crippen molar-refractivity contribution in [3.8, 4) is 0 Å². The molecule has 21 heavy (non-hydrogen) atoms. The molecule has 0 fully saturated rings. The van der Waals surface area contributed by atoms with E-state index in [1.165, 1.54) is 13.0 Å². The lowest BCUT2D eigenvalue weighted by Gasteiger charge is -2.18. The lowest BCUT2D eigenvalue weighted by Crippen LogP contribution is -2.21. The first kappa shape index (κ1) is 15.3. The Bertz CT molecular complexity index is 768. The van der Waals surface area contributed by atoms with Gasteiger partial charge in [-0.2, -0.15) is 0 Å². The molecule has 5 nitrogen and oxygen atoms in total. The Morgan fingerprint density at radius 1 is 1.10 bits per heavy atom. The first-order valence-electron chi connectivity index (χ1n) is 6.41. The van der Waals surface area contributed by atoms with E-state index in [1.807, 2.05) is 37.2 Å². The van der Waals surface area contributed by atoms with E-state index in [4.69, 9.17) is 0 Å². The second-order valence-electron chi connectivity index (χ2n) is 4.87. The van der Waals surface area contributed by atoms with E-state index in [1.54, 1.807) is 12.1 Å². The third kappa shape index (κ3) is 2.71. The molecular formula is C15H17NO4S. The zero-order chi connectivity index (χ0) is 15.6. The van der Waals surface area contributed by atoms with Crippen LogP contribution in [-0.4, -0.2) is 34.4 Å². The highest BCUT2D eigenvalue weighted by molar-refractivity contribution is 7.92. The first-order valence-corrected chi connectivity index (χ1v) is 7.96. The van der Waals surface area contributed by atoms with Crippen molar-refractivity contribution in [1.29, 1.82) is 0 Å². The van der Waals surface area contributed by atoms with E-state index in [9.17, 15) is 13.2 Å². The maximum absolute atomic E-state index is 12.5. The summed E-state index contributed by atoms with van der Waals surface area (Å²) >= 11 is 0. The molecule has 0 bridgehead atoms. The summed E-state index contributed by atoms with van der Waals surface area (Å²) in [4.78, 5) is 12.5. The molecule has 2 rings (SSSR count). The van der Waals surface area contributed by atoms with Crippen molar-refractivity contribution in [3.05, 3.63) is 36.4 Å². The Hall–Kier alpha value is -2.08. The van der Waals surface area contributed by atoms with Crippen LogP contribution in [0.1, 0.15) is 6.92 Å². The zero-order valence-corrected chi connectivity index (χ0v) is 12.9. The van der Waals surface area contributed by atoms with Crippen molar-refractivity contribution in [2.75, 3.05) is 19.0 Å². The summed E-state index contributed by atoms with van der Waals surface area (Å²) in [5.41, 5.74) is -0.294. The number of hydrogen-bond acceptors (Lipinski definition) is 5. The van der Waals surface area contributed by atoms with Crippen molar-refractivity contribution in [1.82, 2.24) is 0 Å². The molecule has 0 spiro atoms. The second-order valence-corrected chi connectivity index (χ2v) is 7.06. The average Bonchev–Trinajstić information content (AvgIpc) is 2.45. The van der Waals surface area contributed by atoms with Crippen LogP contribution in [0.3, 0.4) is 0 Å². The van der Waals surface area contributed by atoms with Gasteiger partial charge in [0.05, 0.1) is 4.90 Å². The fraction of sp³-hybridized carbons (Fsp3) is 0.267. The van der Waals surface area contributed by atoms with Gasteiger partial charge in [0.2, 0.25) is 15.3 Å². The van der Waals surface area contributed by atoms with Gasteiger partial charge >= 0.3 is 0 Å². The molecular weight excluding hydrogens is 290 g/mol. The van der Waals surface area contributed by atoms with Gasteiger partial charge in [0.1, 0.15) is 0 Å². The van der Waals surface area contributed by atoms with Gasteiger partial charge in [-0.3, -0.25) is 4.79 Å². The van der Waals surface area contributed by atoms with Gasteiger partial charge < -0.3 is 9.64 Å². The normalized spacial score (nSPS) is 12.9. The van der Waals surface area contributed by atoms with Crippen LogP contribution in [0.4, 0.5) is 5.69 Å². The fourth-order valence-corrected chi connectivity index (χ4v) is 3.53. The molecule has 0 aliphatic rings. The fourth-order valence-electron chi connectivity index (χ4n) is 2.23. The Balaban J connectivity index is 2.72. The summed E-state index contributed by atoms with van der Waals surface area (Å²) in [6.45, 7) is 1.50. The smallest absolute Gasteiger partial charge is 0.294 e. The molecule has 0 heterocycles. The van der Waals surface area contributed by atoms with Gasteiger partial charge in [-0.05, 0) is 19.1 Å². The summed E-state index contributed by atoms with van der Waals surface area (Å²) < 4.78 is 29.6. The van der Waals surface area contributed by atoms with Crippen LogP contribution in [0.25, 0.3) is 10.8 Å². The predicted molar refractivity (Wildman–Crippen MR) is 82.1 cm³/mol. The van der Waals surface area contributed by atoms with Gasteiger partial charge in [0.15, 0.2) is 0 Å². The van der Waals surface area contributed by atoms with E-state index in [-0.39, 0.29) is 11.4 Å². The number of anilines is 1. The molecule has 0 aliphatic carbocycles. The van der Waals surface area contributed by atoms with Crippen LogP contribution in [0.15, 0.2) is 41.3 Å². The number of hydrogen-bond donors (Lipinski definition) is 0. The number of carbonyl (C=O) groups excluding carboxylic acids is 1. The van der Waals surface area contributed by atoms with Crippen molar-refractivity contribution >= 4 is 32.8 Å². The lowest BCUT2D eigenvalue weighted by molar-refractivity contribution is -0.129. The summed E-state index contributed by atoms with van der Waals surface area (Å²) in [6, 6.07) is 10.6. The Morgan fingerprint density at radius 3 is 2.33 bits per heavy atom. The highest BCUT2D eigenvalue weighted by atomic mass is 32.2. The Morgan fingerprint density at radius 2 is 1.71 bits per heavy atom. The van der Waals surface area contributed by atoms with Gasteiger partial charge in [-0.15, -0.1) is 0 Å². The van der Waals surface area contributed by atoms with Gasteiger partial charge in [-0.1, -0.05) is 24.3 Å². The lowest BCUT2D eigenvalue weighted by atomic mass is 10.1. The monoisotopic (exact) mass is 307 g/mol. The number of fused-ring (bicyclic) bond motifs is 1. The molecule has 6 heteroatoms. The highest BCUT2D eigenvalue weighted by Gasteiger charge is 2.26. The number of sulfone groups is 1. The van der Waals surface area contributed by atoms with Crippen LogP contribution >= 0.6 is 0 Å². The summed E-state index contributed by atoms with van der Waals surface area (Å²) in [5.74, 6) is 0. The van der Waals surface area contributed by atoms with Crippen LogP contribution in [-0.2, 0) is 19.4 Å². The minimum absolute atomic E-state index is 0.151. The Kier molecular flexibility index (Phi) is 4.18. The topological polar surface area (TPSA) is 63.7 Å². The minimum atomic E-state index is -3.74. The van der Waals surface area contributed by atoms with Gasteiger partial charge in [-0.25, -0.2) is 8.42 Å². The number of nitrogens with zero attached hydrogens (tertiary/aromatic N) is 1. The predicted octanol–water partition coefficient (Wildman–Crippen LogP) is 2.20. The maximum Gasteiger partial charge on any atom is 0.294 e. The molecule has 0 saturated heterocycles. The number of carbonyl (C=O) groups is 1. The van der Waals surface area contributed by atoms with Crippen LogP contribution in [0, 0.1) is 0 Å². The Labute approximate surface area is 124 Å². The third-order valence-corrected chi connectivity index (χ3v) is 5.29. The van der Waals surface area contributed by atoms with Gasteiger partial charge in [0, 0.05) is 30.6 Å². The molecule has 2 aromatic rings. The van der Waals surface area contributed by atoms with Crippen molar-refractivity contribution in [2.45, 2.75) is 17.3 Å². The third-order valence-electron chi connectivity index (χ3n) is 3.33. The molecule has 2 aromatic carbocycles. The van der Waals surface area contributed by atoms with E-state index in [2.05, 4.69) is 4.74 Å². The number of rotatable bonds is 5. The number of benzene rings is 2. The van der Waals surface area contributed by atoms with E-state index in [0.717, 1.165) is 11.1 Å². The van der Waals surface area contributed by atoms with E-state index < -0.39 is 15.3 Å². The zero-order valence-electron chi connectivity index (χ0n) is 12.1. The molecule has 112 valence electrons. The van der Waals surface area contributed by atoms with Crippen LogP contribution < -0.4 is 4.90 Å². The number of ether oxygens (including phenoxy) is 1. The molecule has 1 atom stereocenters. The molecule has 0 aromatic heterocycles. The summed E-state index contributed by atoms with van der Waals surface area (Å²) in [5, 5.41) is 1.45. The molecule has 0 N–H and O–H groups in total. The van der Waals surface area contributed by atoms with E-state index >= 15 is 0 Å². The molecule has 1 unspecified atom stereocenters. The first-order chi connectivity index (χ1) is 9.89. The van der Waals surface area contributed by atoms with Crippen molar-refractivity contribution in [2.24, 2.45) is 0 Å². The largest absolute Gasteiger partial charge is 0.448 e. The molecule has 0 amide bonds.